The molecule has 1 saturated heterocycles. The Hall–Kier alpha value is -1.22. The highest BCUT2D eigenvalue weighted by atomic mass is 35.5. The normalized spacial score (nSPS) is 18.8. The molecule has 1 heterocycles. The summed E-state index contributed by atoms with van der Waals surface area (Å²) in [5, 5.41) is 14.0. The standard InChI is InChI=1S/C12H16ClN3O4S/c13-11-4-3-10(8-12(11)16(17)18)21(19,20)15-7-5-9-2-1-6-14-9/h3-4,8-9,14-15H,1-2,5-7H2. The molecule has 1 fully saturated rings. The van der Waals surface area contributed by atoms with Crippen LogP contribution in [-0.2, 0) is 10.0 Å². The van der Waals surface area contributed by atoms with E-state index in [1.54, 1.807) is 0 Å². The topological polar surface area (TPSA) is 101 Å². The van der Waals surface area contributed by atoms with Gasteiger partial charge in [-0.25, -0.2) is 13.1 Å². The van der Waals surface area contributed by atoms with Crippen molar-refractivity contribution in [1.82, 2.24) is 10.0 Å². The van der Waals surface area contributed by atoms with Gasteiger partial charge in [0.1, 0.15) is 5.02 Å². The van der Waals surface area contributed by atoms with Gasteiger partial charge in [-0.3, -0.25) is 10.1 Å². The molecule has 2 N–H and O–H groups in total. The number of hydrogen-bond donors (Lipinski definition) is 2. The van der Waals surface area contributed by atoms with Gasteiger partial charge in [-0.1, -0.05) is 11.6 Å². The number of hydrogen-bond acceptors (Lipinski definition) is 5. The zero-order valence-corrected chi connectivity index (χ0v) is 12.8. The number of nitro benzene ring substituents is 1. The van der Waals surface area contributed by atoms with Crippen LogP contribution < -0.4 is 10.0 Å². The molecule has 1 atom stereocenters. The van der Waals surface area contributed by atoms with Gasteiger partial charge in [0.15, 0.2) is 0 Å². The highest BCUT2D eigenvalue weighted by molar-refractivity contribution is 7.89. The van der Waals surface area contributed by atoms with Crippen LogP contribution in [0.4, 0.5) is 5.69 Å². The fraction of sp³-hybridized carbons (Fsp3) is 0.500. The first-order chi connectivity index (χ1) is 9.90. The summed E-state index contributed by atoms with van der Waals surface area (Å²) < 4.78 is 26.6. The Kier molecular flexibility index (Phi) is 5.15. The first kappa shape index (κ1) is 16.2. The summed E-state index contributed by atoms with van der Waals surface area (Å²) in [5.74, 6) is 0. The van der Waals surface area contributed by atoms with Gasteiger partial charge in [0.05, 0.1) is 9.82 Å². The van der Waals surface area contributed by atoms with E-state index in [0.717, 1.165) is 25.5 Å². The van der Waals surface area contributed by atoms with Gasteiger partial charge in [0, 0.05) is 18.7 Å². The highest BCUT2D eigenvalue weighted by Crippen LogP contribution is 2.26. The fourth-order valence-corrected chi connectivity index (χ4v) is 3.51. The molecule has 1 unspecified atom stereocenters. The lowest BCUT2D eigenvalue weighted by atomic mass is 10.2. The van der Waals surface area contributed by atoms with Crippen LogP contribution in [0.1, 0.15) is 19.3 Å². The largest absolute Gasteiger partial charge is 0.314 e. The monoisotopic (exact) mass is 333 g/mol. The Morgan fingerprint density at radius 3 is 2.86 bits per heavy atom. The zero-order valence-electron chi connectivity index (χ0n) is 11.2. The predicted molar refractivity (Wildman–Crippen MR) is 78.9 cm³/mol. The summed E-state index contributed by atoms with van der Waals surface area (Å²) in [5.41, 5.74) is -0.419. The molecule has 0 aromatic heterocycles. The van der Waals surface area contributed by atoms with Crippen LogP contribution in [0.3, 0.4) is 0 Å². The molecule has 0 spiro atoms. The number of nitrogens with one attached hydrogen (secondary N) is 2. The van der Waals surface area contributed by atoms with Crippen LogP contribution in [0.15, 0.2) is 23.1 Å². The van der Waals surface area contributed by atoms with Gasteiger partial charge in [0.2, 0.25) is 10.0 Å². The van der Waals surface area contributed by atoms with Gasteiger partial charge in [-0.2, -0.15) is 0 Å². The lowest BCUT2D eigenvalue weighted by Crippen LogP contribution is -2.30. The van der Waals surface area contributed by atoms with Crippen molar-refractivity contribution in [3.05, 3.63) is 33.3 Å². The van der Waals surface area contributed by atoms with Crippen LogP contribution in [0, 0.1) is 10.1 Å². The zero-order chi connectivity index (χ0) is 15.5. The van der Waals surface area contributed by atoms with Crippen LogP contribution in [0.25, 0.3) is 0 Å². The van der Waals surface area contributed by atoms with E-state index >= 15 is 0 Å². The third-order valence-corrected chi connectivity index (χ3v) is 5.15. The van der Waals surface area contributed by atoms with Crippen molar-refractivity contribution in [3.63, 3.8) is 0 Å². The quantitative estimate of drug-likeness (QED) is 0.609. The number of halogens is 1. The molecule has 0 bridgehead atoms. The molecule has 9 heteroatoms. The van der Waals surface area contributed by atoms with E-state index in [1.165, 1.54) is 12.1 Å². The summed E-state index contributed by atoms with van der Waals surface area (Å²) in [6, 6.07) is 3.77. The third-order valence-electron chi connectivity index (χ3n) is 3.37. The van der Waals surface area contributed by atoms with Gasteiger partial charge in [-0.15, -0.1) is 0 Å². The van der Waals surface area contributed by atoms with Crippen molar-refractivity contribution in [3.8, 4) is 0 Å². The van der Waals surface area contributed by atoms with E-state index in [0.29, 0.717) is 12.5 Å². The number of rotatable bonds is 6. The maximum Gasteiger partial charge on any atom is 0.289 e. The Morgan fingerprint density at radius 2 is 2.24 bits per heavy atom. The van der Waals surface area contributed by atoms with Crippen LogP contribution in [0.2, 0.25) is 5.02 Å². The maximum atomic E-state index is 12.1. The Morgan fingerprint density at radius 1 is 1.48 bits per heavy atom. The average molecular weight is 334 g/mol. The van der Waals surface area contributed by atoms with Crippen LogP contribution in [0.5, 0.6) is 0 Å². The van der Waals surface area contributed by atoms with Crippen molar-refractivity contribution in [2.24, 2.45) is 0 Å². The lowest BCUT2D eigenvalue weighted by molar-refractivity contribution is -0.384. The summed E-state index contributed by atoms with van der Waals surface area (Å²) in [7, 11) is -3.77. The molecule has 116 valence electrons. The van der Waals surface area contributed by atoms with E-state index in [-0.39, 0.29) is 16.5 Å². The molecule has 1 aromatic rings. The number of nitro groups is 1. The second-order valence-electron chi connectivity index (χ2n) is 4.85. The lowest BCUT2D eigenvalue weighted by Gasteiger charge is -2.11. The molecule has 7 nitrogen and oxygen atoms in total. The summed E-state index contributed by atoms with van der Waals surface area (Å²) in [4.78, 5) is 9.93. The number of sulfonamides is 1. The van der Waals surface area contributed by atoms with Gasteiger partial charge in [0.25, 0.3) is 5.69 Å². The number of benzene rings is 1. The molecule has 1 aromatic carbocycles. The third kappa shape index (κ3) is 4.13. The van der Waals surface area contributed by atoms with Gasteiger partial charge >= 0.3 is 0 Å². The molecule has 2 rings (SSSR count). The molecule has 0 saturated carbocycles. The highest BCUT2D eigenvalue weighted by Gasteiger charge is 2.21. The summed E-state index contributed by atoms with van der Waals surface area (Å²) in [6.07, 6.45) is 2.82. The van der Waals surface area contributed by atoms with Crippen molar-refractivity contribution >= 4 is 27.3 Å². The molecular weight excluding hydrogens is 318 g/mol. The van der Waals surface area contributed by atoms with Crippen LogP contribution >= 0.6 is 11.6 Å². The molecular formula is C12H16ClN3O4S. The summed E-state index contributed by atoms with van der Waals surface area (Å²) >= 11 is 5.67. The van der Waals surface area contributed by atoms with E-state index in [9.17, 15) is 18.5 Å². The first-order valence-electron chi connectivity index (χ1n) is 6.57. The minimum absolute atomic E-state index is 0.0888. The maximum absolute atomic E-state index is 12.1. The Bertz CT molecular complexity index is 629. The van der Waals surface area contributed by atoms with Crippen LogP contribution in [-0.4, -0.2) is 32.5 Å². The SMILES string of the molecule is O=[N+]([O-])c1cc(S(=O)(=O)NCCC2CCCN2)ccc1Cl. The van der Waals surface area contributed by atoms with E-state index < -0.39 is 20.6 Å². The van der Waals surface area contributed by atoms with Crippen molar-refractivity contribution in [1.29, 1.82) is 0 Å². The van der Waals surface area contributed by atoms with E-state index in [4.69, 9.17) is 11.6 Å². The average Bonchev–Trinajstić information content (AvgIpc) is 2.91. The molecule has 1 aliphatic rings. The predicted octanol–water partition coefficient (Wildman–Crippen LogP) is 1.67. The van der Waals surface area contributed by atoms with Crippen molar-refractivity contribution in [2.45, 2.75) is 30.2 Å². The van der Waals surface area contributed by atoms with E-state index in [1.807, 2.05) is 0 Å². The number of nitrogens with zero attached hydrogens (tertiary/aromatic N) is 1. The minimum Gasteiger partial charge on any atom is -0.314 e. The van der Waals surface area contributed by atoms with Gasteiger partial charge in [-0.05, 0) is 37.9 Å². The van der Waals surface area contributed by atoms with Crippen molar-refractivity contribution in [2.75, 3.05) is 13.1 Å². The fourth-order valence-electron chi connectivity index (χ4n) is 2.25. The van der Waals surface area contributed by atoms with Crippen molar-refractivity contribution < 1.29 is 13.3 Å². The molecule has 1 aliphatic heterocycles. The summed E-state index contributed by atoms with van der Waals surface area (Å²) in [6.45, 7) is 1.25. The Balaban J connectivity index is 2.04. The smallest absolute Gasteiger partial charge is 0.289 e. The molecule has 0 amide bonds. The Labute approximate surface area is 127 Å². The van der Waals surface area contributed by atoms with E-state index in [2.05, 4.69) is 10.0 Å². The van der Waals surface area contributed by atoms with Gasteiger partial charge < -0.3 is 5.32 Å². The molecule has 0 aliphatic carbocycles. The second kappa shape index (κ2) is 6.69. The molecule has 0 radical (unpaired) electrons. The first-order valence-corrected chi connectivity index (χ1v) is 8.43. The molecule has 21 heavy (non-hydrogen) atoms. The second-order valence-corrected chi connectivity index (χ2v) is 7.02. The minimum atomic E-state index is -3.77.